The number of hydrogen-bond donors (Lipinski definition) is 0. The lowest BCUT2D eigenvalue weighted by atomic mass is 10.4. The maximum absolute atomic E-state index is 5.48. The van der Waals surface area contributed by atoms with Crippen LogP contribution in [0.25, 0.3) is 0 Å². The Labute approximate surface area is 99.6 Å². The van der Waals surface area contributed by atoms with E-state index in [2.05, 4.69) is 9.97 Å². The lowest BCUT2D eigenvalue weighted by molar-refractivity contribution is 0.166. The van der Waals surface area contributed by atoms with Crippen LogP contribution in [0, 0.1) is 13.8 Å². The summed E-state index contributed by atoms with van der Waals surface area (Å²) in [6.45, 7) is 5.25. The Hall–Kier alpha value is -0.320. The molecule has 0 atom stereocenters. The van der Waals surface area contributed by atoms with E-state index in [4.69, 9.17) is 16.3 Å². The Morgan fingerprint density at radius 1 is 1.27 bits per heavy atom. The Morgan fingerprint density at radius 3 is 2.53 bits per heavy atom. The zero-order valence-electron chi connectivity index (χ0n) is 8.99. The van der Waals surface area contributed by atoms with Crippen molar-refractivity contribution in [2.45, 2.75) is 19.0 Å². The molecule has 1 rings (SSSR count). The van der Waals surface area contributed by atoms with Crippen LogP contribution in [-0.2, 0) is 4.74 Å². The van der Waals surface area contributed by atoms with Crippen LogP contribution in [-0.4, -0.2) is 34.8 Å². The third-order valence-corrected chi connectivity index (χ3v) is 2.61. The maximum Gasteiger partial charge on any atom is 0.188 e. The standard InChI is InChI=1S/C10H15ClN2OS/c1-8-7-9(2)13-10(12-8)15-6-5-14-4-3-11/h7H,3-6H2,1-2H3. The average Bonchev–Trinajstić information content (AvgIpc) is 2.16. The van der Waals surface area contributed by atoms with E-state index in [-0.39, 0.29) is 0 Å². The van der Waals surface area contributed by atoms with Crippen molar-refractivity contribution in [3.8, 4) is 0 Å². The first-order valence-electron chi connectivity index (χ1n) is 4.81. The number of thioether (sulfide) groups is 1. The van der Waals surface area contributed by atoms with Gasteiger partial charge in [0.25, 0.3) is 0 Å². The fourth-order valence-electron chi connectivity index (χ4n) is 1.11. The van der Waals surface area contributed by atoms with Gasteiger partial charge in [0, 0.05) is 23.0 Å². The van der Waals surface area contributed by atoms with Gasteiger partial charge in [0.1, 0.15) is 0 Å². The molecule has 0 aromatic carbocycles. The molecule has 84 valence electrons. The molecule has 0 spiro atoms. The molecule has 0 unspecified atom stereocenters. The SMILES string of the molecule is Cc1cc(C)nc(SCCOCCCl)n1. The summed E-state index contributed by atoms with van der Waals surface area (Å²) in [7, 11) is 0. The second-order valence-electron chi connectivity index (χ2n) is 3.08. The lowest BCUT2D eigenvalue weighted by Crippen LogP contribution is -2.01. The normalized spacial score (nSPS) is 10.6. The number of rotatable bonds is 6. The Morgan fingerprint density at radius 2 is 1.93 bits per heavy atom. The predicted octanol–water partition coefficient (Wildman–Crippen LogP) is 2.44. The van der Waals surface area contributed by atoms with Crippen LogP contribution in [0.2, 0.25) is 0 Å². The fourth-order valence-corrected chi connectivity index (χ4v) is 2.02. The molecule has 0 saturated carbocycles. The highest BCUT2D eigenvalue weighted by Crippen LogP contribution is 2.13. The maximum atomic E-state index is 5.48. The summed E-state index contributed by atoms with van der Waals surface area (Å²) < 4.78 is 5.26. The second kappa shape index (κ2) is 7.04. The molecule has 3 nitrogen and oxygen atoms in total. The van der Waals surface area contributed by atoms with E-state index >= 15 is 0 Å². The highest BCUT2D eigenvalue weighted by molar-refractivity contribution is 7.99. The van der Waals surface area contributed by atoms with Crippen molar-refractivity contribution >= 4 is 23.4 Å². The van der Waals surface area contributed by atoms with E-state index in [1.807, 2.05) is 19.9 Å². The van der Waals surface area contributed by atoms with Crippen molar-refractivity contribution < 1.29 is 4.74 Å². The van der Waals surface area contributed by atoms with Crippen LogP contribution in [0.4, 0.5) is 0 Å². The van der Waals surface area contributed by atoms with Gasteiger partial charge in [-0.05, 0) is 19.9 Å². The molecule has 0 aliphatic carbocycles. The predicted molar refractivity (Wildman–Crippen MR) is 63.8 cm³/mol. The molecule has 1 aromatic rings. The van der Waals surface area contributed by atoms with Crippen molar-refractivity contribution in [2.75, 3.05) is 24.8 Å². The van der Waals surface area contributed by atoms with Crippen molar-refractivity contribution in [1.29, 1.82) is 0 Å². The van der Waals surface area contributed by atoms with Crippen molar-refractivity contribution in [3.05, 3.63) is 17.5 Å². The number of aryl methyl sites for hydroxylation is 2. The molecule has 0 N–H and O–H groups in total. The summed E-state index contributed by atoms with van der Waals surface area (Å²) in [5.74, 6) is 1.41. The van der Waals surface area contributed by atoms with Gasteiger partial charge in [0.05, 0.1) is 13.2 Å². The average molecular weight is 247 g/mol. The van der Waals surface area contributed by atoms with Gasteiger partial charge in [-0.1, -0.05) is 11.8 Å². The van der Waals surface area contributed by atoms with E-state index in [1.54, 1.807) is 11.8 Å². The summed E-state index contributed by atoms with van der Waals surface area (Å²) >= 11 is 7.09. The third kappa shape index (κ3) is 5.35. The minimum atomic E-state index is 0.546. The zero-order chi connectivity index (χ0) is 11.1. The van der Waals surface area contributed by atoms with Gasteiger partial charge in [0.2, 0.25) is 0 Å². The smallest absolute Gasteiger partial charge is 0.188 e. The first-order valence-corrected chi connectivity index (χ1v) is 6.33. The van der Waals surface area contributed by atoms with Gasteiger partial charge in [-0.25, -0.2) is 9.97 Å². The molecule has 0 fully saturated rings. The topological polar surface area (TPSA) is 35.0 Å². The number of ether oxygens (including phenoxy) is 1. The van der Waals surface area contributed by atoms with Crippen LogP contribution in [0.15, 0.2) is 11.2 Å². The van der Waals surface area contributed by atoms with E-state index in [0.29, 0.717) is 19.1 Å². The number of nitrogens with zero attached hydrogens (tertiary/aromatic N) is 2. The van der Waals surface area contributed by atoms with Crippen LogP contribution >= 0.6 is 23.4 Å². The molecule has 1 aromatic heterocycles. The number of halogens is 1. The van der Waals surface area contributed by atoms with Gasteiger partial charge in [-0.15, -0.1) is 11.6 Å². The number of alkyl halides is 1. The Kier molecular flexibility index (Phi) is 5.98. The zero-order valence-corrected chi connectivity index (χ0v) is 10.6. The minimum absolute atomic E-state index is 0.546. The third-order valence-electron chi connectivity index (χ3n) is 1.64. The van der Waals surface area contributed by atoms with Gasteiger partial charge < -0.3 is 4.74 Å². The first-order chi connectivity index (χ1) is 7.22. The van der Waals surface area contributed by atoms with Gasteiger partial charge >= 0.3 is 0 Å². The van der Waals surface area contributed by atoms with E-state index in [0.717, 1.165) is 22.3 Å². The molecular formula is C10H15ClN2OS. The van der Waals surface area contributed by atoms with E-state index in [1.165, 1.54) is 0 Å². The van der Waals surface area contributed by atoms with Gasteiger partial charge in [0.15, 0.2) is 5.16 Å². The largest absolute Gasteiger partial charge is 0.379 e. The molecule has 0 bridgehead atoms. The van der Waals surface area contributed by atoms with E-state index < -0.39 is 0 Å². The fraction of sp³-hybridized carbons (Fsp3) is 0.600. The summed E-state index contributed by atoms with van der Waals surface area (Å²) in [4.78, 5) is 8.64. The number of aromatic nitrogens is 2. The summed E-state index contributed by atoms with van der Waals surface area (Å²) in [5.41, 5.74) is 2.01. The van der Waals surface area contributed by atoms with Crippen LogP contribution < -0.4 is 0 Å². The molecule has 1 heterocycles. The summed E-state index contributed by atoms with van der Waals surface area (Å²) in [6, 6.07) is 1.97. The quantitative estimate of drug-likeness (QED) is 0.334. The summed E-state index contributed by atoms with van der Waals surface area (Å²) in [6.07, 6.45) is 0. The van der Waals surface area contributed by atoms with Crippen LogP contribution in [0.3, 0.4) is 0 Å². The second-order valence-corrected chi connectivity index (χ2v) is 4.52. The molecule has 0 radical (unpaired) electrons. The van der Waals surface area contributed by atoms with Gasteiger partial charge in [-0.2, -0.15) is 0 Å². The Bertz CT molecular complexity index is 289. The molecule has 5 heteroatoms. The lowest BCUT2D eigenvalue weighted by Gasteiger charge is -2.03. The highest BCUT2D eigenvalue weighted by atomic mass is 35.5. The van der Waals surface area contributed by atoms with Gasteiger partial charge in [-0.3, -0.25) is 0 Å². The highest BCUT2D eigenvalue weighted by Gasteiger charge is 1.99. The molecule has 0 saturated heterocycles. The monoisotopic (exact) mass is 246 g/mol. The molecule has 0 amide bonds. The van der Waals surface area contributed by atoms with Crippen molar-refractivity contribution in [2.24, 2.45) is 0 Å². The van der Waals surface area contributed by atoms with Crippen molar-refractivity contribution in [1.82, 2.24) is 9.97 Å². The van der Waals surface area contributed by atoms with Crippen LogP contribution in [0.5, 0.6) is 0 Å². The number of hydrogen-bond acceptors (Lipinski definition) is 4. The summed E-state index contributed by atoms with van der Waals surface area (Å²) in [5, 5.41) is 0.821. The molecule has 0 aliphatic heterocycles. The minimum Gasteiger partial charge on any atom is -0.379 e. The molecular weight excluding hydrogens is 232 g/mol. The van der Waals surface area contributed by atoms with Crippen LogP contribution in [0.1, 0.15) is 11.4 Å². The van der Waals surface area contributed by atoms with E-state index in [9.17, 15) is 0 Å². The first kappa shape index (κ1) is 12.7. The Balaban J connectivity index is 2.31. The van der Waals surface area contributed by atoms with Crippen molar-refractivity contribution in [3.63, 3.8) is 0 Å². The molecule has 15 heavy (non-hydrogen) atoms. The molecule has 0 aliphatic rings.